The Labute approximate surface area is 197 Å². The van der Waals surface area contributed by atoms with Crippen molar-refractivity contribution in [2.24, 2.45) is 11.7 Å². The van der Waals surface area contributed by atoms with Crippen LogP contribution in [-0.4, -0.2) is 28.8 Å². The molecule has 0 heterocycles. The van der Waals surface area contributed by atoms with Gasteiger partial charge < -0.3 is 16.0 Å². The molecule has 2 atom stereocenters. The van der Waals surface area contributed by atoms with E-state index in [1.54, 1.807) is 0 Å². The van der Waals surface area contributed by atoms with Crippen molar-refractivity contribution in [3.8, 4) is 0 Å². The molecule has 33 heavy (non-hydrogen) atoms. The second-order valence-electron chi connectivity index (χ2n) is 10.7. The third-order valence-electron chi connectivity index (χ3n) is 6.97. The first kappa shape index (κ1) is 23.5. The van der Waals surface area contributed by atoms with E-state index in [2.05, 4.69) is 26.1 Å². The molecule has 2 aliphatic rings. The maximum Gasteiger partial charge on any atom is 0.255 e. The van der Waals surface area contributed by atoms with Crippen LogP contribution in [0.1, 0.15) is 80.8 Å². The fourth-order valence-electron chi connectivity index (χ4n) is 4.67. The Balaban J connectivity index is 1.41. The van der Waals surface area contributed by atoms with E-state index in [9.17, 15) is 9.59 Å². The zero-order valence-corrected chi connectivity index (χ0v) is 20.1. The minimum atomic E-state index is -0.123. The Morgan fingerprint density at radius 1 is 0.939 bits per heavy atom. The number of hydrogen-bond donors (Lipinski definition) is 2. The van der Waals surface area contributed by atoms with E-state index in [0.717, 1.165) is 49.8 Å². The van der Waals surface area contributed by atoms with Crippen molar-refractivity contribution in [2.45, 2.75) is 83.3 Å². The molecule has 2 aromatic carbocycles. The summed E-state index contributed by atoms with van der Waals surface area (Å²) in [5.41, 5.74) is 10.1. The molecule has 0 aliphatic heterocycles. The predicted octanol–water partition coefficient (Wildman–Crippen LogP) is 5.24. The summed E-state index contributed by atoms with van der Waals surface area (Å²) < 4.78 is 0. The summed E-state index contributed by atoms with van der Waals surface area (Å²) in [7, 11) is 0. The molecular formula is C28H37N3O2. The second kappa shape index (κ2) is 9.68. The first-order valence-electron chi connectivity index (χ1n) is 12.3. The fraction of sp³-hybridized carbons (Fsp3) is 0.500. The van der Waals surface area contributed by atoms with Crippen molar-refractivity contribution >= 4 is 17.5 Å². The molecule has 0 spiro atoms. The first-order chi connectivity index (χ1) is 15.7. The van der Waals surface area contributed by atoms with Gasteiger partial charge in [0.2, 0.25) is 5.91 Å². The van der Waals surface area contributed by atoms with Gasteiger partial charge in [0.05, 0.1) is 0 Å². The van der Waals surface area contributed by atoms with Gasteiger partial charge in [-0.2, -0.15) is 0 Å². The summed E-state index contributed by atoms with van der Waals surface area (Å²) in [5.74, 6) is 0.317. The van der Waals surface area contributed by atoms with Crippen LogP contribution in [0.5, 0.6) is 0 Å². The van der Waals surface area contributed by atoms with Gasteiger partial charge in [-0.05, 0) is 66.5 Å². The number of amides is 2. The lowest BCUT2D eigenvalue weighted by Crippen LogP contribution is -2.52. The number of hydrogen-bond acceptors (Lipinski definition) is 3. The molecule has 2 saturated carbocycles. The first-order valence-corrected chi connectivity index (χ1v) is 12.3. The van der Waals surface area contributed by atoms with Crippen LogP contribution in [0.2, 0.25) is 0 Å². The molecule has 5 heteroatoms. The zero-order chi connectivity index (χ0) is 23.6. The minimum absolute atomic E-state index is 0.0567. The number of benzene rings is 2. The summed E-state index contributed by atoms with van der Waals surface area (Å²) in [4.78, 5) is 27.7. The standard InChI is InChI=1S/C28H37N3O2/c1-28(2,3)22-14-12-20(13-15-22)26(32)30-23-16-8-19(9-17-23)18-31(27(33)21-10-11-21)25-7-5-4-6-24(25)29/h8-9,12-17,21,24-25H,4-7,10-11,18,29H2,1-3H3,(H,30,32). The molecule has 0 saturated heterocycles. The minimum Gasteiger partial charge on any atom is -0.334 e. The summed E-state index contributed by atoms with van der Waals surface area (Å²) in [5, 5.41) is 2.98. The summed E-state index contributed by atoms with van der Waals surface area (Å²) in [6.45, 7) is 7.05. The molecule has 2 unspecified atom stereocenters. The van der Waals surface area contributed by atoms with E-state index < -0.39 is 0 Å². The van der Waals surface area contributed by atoms with Gasteiger partial charge in [0.15, 0.2) is 0 Å². The monoisotopic (exact) mass is 447 g/mol. The number of nitrogens with two attached hydrogens (primary N) is 1. The van der Waals surface area contributed by atoms with Gasteiger partial charge in [0.25, 0.3) is 5.91 Å². The molecule has 2 aromatic rings. The van der Waals surface area contributed by atoms with Crippen molar-refractivity contribution in [3.05, 3.63) is 65.2 Å². The normalized spacial score (nSPS) is 20.8. The quantitative estimate of drug-likeness (QED) is 0.635. The Kier molecular flexibility index (Phi) is 6.89. The van der Waals surface area contributed by atoms with Crippen molar-refractivity contribution in [1.29, 1.82) is 0 Å². The van der Waals surface area contributed by atoms with Crippen LogP contribution in [0, 0.1) is 5.92 Å². The van der Waals surface area contributed by atoms with Gasteiger partial charge in [0.1, 0.15) is 0 Å². The third kappa shape index (κ3) is 5.83. The predicted molar refractivity (Wildman–Crippen MR) is 133 cm³/mol. The van der Waals surface area contributed by atoms with Crippen LogP contribution in [-0.2, 0) is 16.8 Å². The summed E-state index contributed by atoms with van der Waals surface area (Å²) in [6.07, 6.45) is 6.26. The van der Waals surface area contributed by atoms with E-state index >= 15 is 0 Å². The van der Waals surface area contributed by atoms with Gasteiger partial charge in [-0.3, -0.25) is 9.59 Å². The average Bonchev–Trinajstić information content (AvgIpc) is 3.64. The Bertz CT molecular complexity index is 972. The Hall–Kier alpha value is -2.66. The van der Waals surface area contributed by atoms with Gasteiger partial charge >= 0.3 is 0 Å². The van der Waals surface area contributed by atoms with E-state index in [-0.39, 0.29) is 35.2 Å². The summed E-state index contributed by atoms with van der Waals surface area (Å²) in [6, 6.07) is 15.8. The molecule has 5 nitrogen and oxygen atoms in total. The number of nitrogens with zero attached hydrogens (tertiary/aromatic N) is 1. The van der Waals surface area contributed by atoms with E-state index in [1.165, 1.54) is 5.56 Å². The molecule has 2 aliphatic carbocycles. The highest BCUT2D eigenvalue weighted by atomic mass is 16.2. The van der Waals surface area contributed by atoms with E-state index in [4.69, 9.17) is 5.73 Å². The molecule has 176 valence electrons. The van der Waals surface area contributed by atoms with Crippen molar-refractivity contribution in [3.63, 3.8) is 0 Å². The Morgan fingerprint density at radius 3 is 2.15 bits per heavy atom. The van der Waals surface area contributed by atoms with Crippen LogP contribution in [0.15, 0.2) is 48.5 Å². The van der Waals surface area contributed by atoms with Crippen LogP contribution in [0.25, 0.3) is 0 Å². The van der Waals surface area contributed by atoms with E-state index in [0.29, 0.717) is 12.1 Å². The lowest BCUT2D eigenvalue weighted by Gasteiger charge is -2.38. The van der Waals surface area contributed by atoms with Crippen molar-refractivity contribution < 1.29 is 9.59 Å². The molecule has 0 aromatic heterocycles. The number of carbonyl (C=O) groups is 2. The highest BCUT2D eigenvalue weighted by Crippen LogP contribution is 2.34. The average molecular weight is 448 g/mol. The van der Waals surface area contributed by atoms with Crippen LogP contribution >= 0.6 is 0 Å². The van der Waals surface area contributed by atoms with Crippen LogP contribution in [0.3, 0.4) is 0 Å². The molecule has 0 radical (unpaired) electrons. The lowest BCUT2D eigenvalue weighted by molar-refractivity contribution is -0.136. The number of rotatable bonds is 6. The molecular weight excluding hydrogens is 410 g/mol. The molecule has 2 amide bonds. The highest BCUT2D eigenvalue weighted by Gasteiger charge is 2.38. The number of carbonyl (C=O) groups excluding carboxylic acids is 2. The summed E-state index contributed by atoms with van der Waals surface area (Å²) >= 11 is 0. The highest BCUT2D eigenvalue weighted by molar-refractivity contribution is 6.04. The van der Waals surface area contributed by atoms with Gasteiger partial charge in [-0.15, -0.1) is 0 Å². The number of nitrogens with one attached hydrogen (secondary N) is 1. The zero-order valence-electron chi connectivity index (χ0n) is 20.1. The largest absolute Gasteiger partial charge is 0.334 e. The molecule has 0 bridgehead atoms. The van der Waals surface area contributed by atoms with Gasteiger partial charge in [-0.1, -0.05) is 57.9 Å². The van der Waals surface area contributed by atoms with Crippen molar-refractivity contribution in [1.82, 2.24) is 4.90 Å². The van der Waals surface area contributed by atoms with Crippen molar-refractivity contribution in [2.75, 3.05) is 5.32 Å². The Morgan fingerprint density at radius 2 is 1.58 bits per heavy atom. The maximum atomic E-state index is 13.0. The number of anilines is 1. The smallest absolute Gasteiger partial charge is 0.255 e. The molecule has 4 rings (SSSR count). The SMILES string of the molecule is CC(C)(C)c1ccc(C(=O)Nc2ccc(CN(C(=O)C3CC3)C3CCCCC3N)cc2)cc1. The molecule has 2 fully saturated rings. The van der Waals surface area contributed by atoms with E-state index in [1.807, 2.05) is 53.4 Å². The second-order valence-corrected chi connectivity index (χ2v) is 10.7. The lowest BCUT2D eigenvalue weighted by atomic mass is 9.87. The van der Waals surface area contributed by atoms with Crippen LogP contribution in [0.4, 0.5) is 5.69 Å². The van der Waals surface area contributed by atoms with Crippen LogP contribution < -0.4 is 11.1 Å². The van der Waals surface area contributed by atoms with Gasteiger partial charge in [0, 0.05) is 35.8 Å². The maximum absolute atomic E-state index is 13.0. The van der Waals surface area contributed by atoms with Gasteiger partial charge in [-0.25, -0.2) is 0 Å². The third-order valence-corrected chi connectivity index (χ3v) is 6.97. The molecule has 3 N–H and O–H groups in total. The topological polar surface area (TPSA) is 75.4 Å². The fourth-order valence-corrected chi connectivity index (χ4v) is 4.67.